The predicted molar refractivity (Wildman–Crippen MR) is 122 cm³/mol. The minimum absolute atomic E-state index is 0.0405. The molecule has 0 saturated heterocycles. The number of carbonyl (C=O) groups excluding carboxylic acids is 1. The van der Waals surface area contributed by atoms with Crippen molar-refractivity contribution in [2.24, 2.45) is 40.4 Å². The maximum atomic E-state index is 12.5. The zero-order valence-corrected chi connectivity index (χ0v) is 20.2. The molecule has 0 radical (unpaired) electrons. The first-order valence-electron chi connectivity index (χ1n) is 12.8. The number of hydrogen-bond donors (Lipinski definition) is 3. The van der Waals surface area contributed by atoms with E-state index >= 15 is 0 Å². The first kappa shape index (κ1) is 23.4. The van der Waals surface area contributed by atoms with E-state index in [1.165, 1.54) is 17.6 Å². The van der Waals surface area contributed by atoms with E-state index in [0.29, 0.717) is 55.1 Å². The van der Waals surface area contributed by atoms with E-state index in [9.17, 15) is 20.1 Å². The highest BCUT2D eigenvalue weighted by Crippen LogP contribution is 2.66. The van der Waals surface area contributed by atoms with Gasteiger partial charge in [0.2, 0.25) is 0 Å². The third-order valence-corrected chi connectivity index (χ3v) is 9.98. The minimum Gasteiger partial charge on any atom is -0.392 e. The molecule has 3 N–H and O–H groups in total. The Morgan fingerprint density at radius 1 is 1.03 bits per heavy atom. The van der Waals surface area contributed by atoms with Crippen LogP contribution in [0, 0.1) is 40.4 Å². The van der Waals surface area contributed by atoms with Crippen LogP contribution in [-0.2, 0) is 4.79 Å². The number of allylic oxidation sites excluding steroid dienone is 1. The van der Waals surface area contributed by atoms with Crippen LogP contribution in [-0.4, -0.2) is 39.4 Å². The van der Waals surface area contributed by atoms with Crippen molar-refractivity contribution in [1.29, 1.82) is 0 Å². The molecular weight excluding hydrogens is 388 g/mol. The number of aliphatic hydroxyl groups is 3. The molecule has 4 rings (SSSR count). The van der Waals surface area contributed by atoms with Crippen LogP contribution in [0.2, 0.25) is 0 Å². The first-order valence-corrected chi connectivity index (χ1v) is 12.8. The Balaban J connectivity index is 1.59. The van der Waals surface area contributed by atoms with Crippen LogP contribution < -0.4 is 0 Å². The van der Waals surface area contributed by atoms with Gasteiger partial charge < -0.3 is 15.3 Å². The summed E-state index contributed by atoms with van der Waals surface area (Å²) in [6.07, 6.45) is 5.82. The molecule has 0 aliphatic heterocycles. The molecule has 0 bridgehead atoms. The Kier molecular flexibility index (Phi) is 6.24. The number of hydrogen-bond acceptors (Lipinski definition) is 4. The molecule has 4 nitrogen and oxygen atoms in total. The smallest absolute Gasteiger partial charge is 0.133 e. The van der Waals surface area contributed by atoms with Crippen molar-refractivity contribution in [2.75, 3.05) is 0 Å². The maximum absolute atomic E-state index is 12.5. The molecule has 1 unspecified atom stereocenters. The van der Waals surface area contributed by atoms with E-state index in [1.807, 2.05) is 0 Å². The van der Waals surface area contributed by atoms with Gasteiger partial charge in [-0.3, -0.25) is 4.79 Å². The maximum Gasteiger partial charge on any atom is 0.133 e. The van der Waals surface area contributed by atoms with E-state index in [1.54, 1.807) is 0 Å². The second kappa shape index (κ2) is 8.25. The van der Waals surface area contributed by atoms with Gasteiger partial charge in [-0.05, 0) is 85.4 Å². The molecule has 31 heavy (non-hydrogen) atoms. The van der Waals surface area contributed by atoms with Gasteiger partial charge >= 0.3 is 0 Å². The average molecular weight is 433 g/mol. The number of carbonyl (C=O) groups is 1. The second-order valence-corrected chi connectivity index (χ2v) is 12.4. The van der Waals surface area contributed by atoms with Gasteiger partial charge in [-0.1, -0.05) is 45.8 Å². The van der Waals surface area contributed by atoms with Gasteiger partial charge in [-0.25, -0.2) is 0 Å². The van der Waals surface area contributed by atoms with Gasteiger partial charge in [0.25, 0.3) is 0 Å². The number of Topliss-reactive ketones (excluding diaryl/α,β-unsaturated/α-hetero) is 1. The van der Waals surface area contributed by atoms with Gasteiger partial charge in [0.15, 0.2) is 0 Å². The summed E-state index contributed by atoms with van der Waals surface area (Å²) in [7, 11) is 0. The molecule has 4 aliphatic rings. The van der Waals surface area contributed by atoms with Crippen molar-refractivity contribution < 1.29 is 20.1 Å². The Hall–Kier alpha value is -0.710. The van der Waals surface area contributed by atoms with Gasteiger partial charge in [0.05, 0.1) is 18.3 Å². The molecule has 2 fully saturated rings. The summed E-state index contributed by atoms with van der Waals surface area (Å²) in [5.41, 5.74) is 2.95. The molecule has 0 spiro atoms. The summed E-state index contributed by atoms with van der Waals surface area (Å²) in [6, 6.07) is 0. The van der Waals surface area contributed by atoms with Crippen molar-refractivity contribution in [3.05, 3.63) is 11.1 Å². The predicted octanol–water partition coefficient (Wildman–Crippen LogP) is 4.65. The molecule has 0 aromatic carbocycles. The van der Waals surface area contributed by atoms with Crippen LogP contribution in [0.15, 0.2) is 11.1 Å². The highest BCUT2D eigenvalue weighted by molar-refractivity contribution is 5.78. The molecule has 0 amide bonds. The van der Waals surface area contributed by atoms with Gasteiger partial charge in [0, 0.05) is 12.8 Å². The van der Waals surface area contributed by atoms with E-state index in [0.717, 1.165) is 25.7 Å². The summed E-state index contributed by atoms with van der Waals surface area (Å²) in [6.45, 7) is 11.2. The number of rotatable bonds is 5. The molecule has 9 atom stereocenters. The van der Waals surface area contributed by atoms with E-state index in [2.05, 4.69) is 34.6 Å². The van der Waals surface area contributed by atoms with E-state index < -0.39 is 18.3 Å². The summed E-state index contributed by atoms with van der Waals surface area (Å²) in [5.74, 6) is 2.33. The lowest BCUT2D eigenvalue weighted by molar-refractivity contribution is -0.121. The van der Waals surface area contributed by atoms with Crippen LogP contribution >= 0.6 is 0 Å². The molecule has 0 heterocycles. The monoisotopic (exact) mass is 432 g/mol. The fourth-order valence-electron chi connectivity index (χ4n) is 8.55. The number of fused-ring (bicyclic) bond motifs is 4. The van der Waals surface area contributed by atoms with E-state index in [-0.39, 0.29) is 16.7 Å². The summed E-state index contributed by atoms with van der Waals surface area (Å²) in [5, 5.41) is 31.8. The highest BCUT2D eigenvalue weighted by Gasteiger charge is 2.58. The van der Waals surface area contributed by atoms with Crippen molar-refractivity contribution >= 4 is 5.78 Å². The first-order chi connectivity index (χ1) is 14.5. The van der Waals surface area contributed by atoms with E-state index in [4.69, 9.17) is 0 Å². The van der Waals surface area contributed by atoms with Crippen molar-refractivity contribution in [2.45, 2.75) is 111 Å². The van der Waals surface area contributed by atoms with Gasteiger partial charge in [-0.2, -0.15) is 0 Å². The lowest BCUT2D eigenvalue weighted by atomic mass is 9.49. The zero-order valence-electron chi connectivity index (χ0n) is 20.2. The zero-order chi connectivity index (χ0) is 22.7. The Morgan fingerprint density at radius 2 is 1.74 bits per heavy atom. The highest BCUT2D eigenvalue weighted by atomic mass is 16.3. The third kappa shape index (κ3) is 3.85. The lowest BCUT2D eigenvalue weighted by Crippen LogP contribution is -2.54. The van der Waals surface area contributed by atoms with Crippen molar-refractivity contribution in [3.8, 4) is 0 Å². The topological polar surface area (TPSA) is 77.8 Å². The molecule has 0 aromatic heterocycles. The molecule has 0 aromatic rings. The van der Waals surface area contributed by atoms with Gasteiger partial charge in [0.1, 0.15) is 5.78 Å². The summed E-state index contributed by atoms with van der Waals surface area (Å²) in [4.78, 5) is 12.5. The Labute approximate surface area is 188 Å². The minimum atomic E-state index is -0.719. The van der Waals surface area contributed by atoms with Crippen molar-refractivity contribution in [3.63, 3.8) is 0 Å². The Bertz CT molecular complexity index is 742. The lowest BCUT2D eigenvalue weighted by Gasteiger charge is -2.57. The fraction of sp³-hybridized carbons (Fsp3) is 0.889. The van der Waals surface area contributed by atoms with Crippen LogP contribution in [0.25, 0.3) is 0 Å². The van der Waals surface area contributed by atoms with Crippen molar-refractivity contribution in [1.82, 2.24) is 0 Å². The van der Waals surface area contributed by atoms with Crippen LogP contribution in [0.3, 0.4) is 0 Å². The SMILES string of the molecule is CC(C)CC(=O)C[C@@H](C)[C@H]1CC[C@H]2C3=C(CC[C@]12C)[C@@]1(C)C[C@H](O)[C@H](O)CC1[C@@H](O)C3. The third-order valence-electron chi connectivity index (χ3n) is 9.98. The van der Waals surface area contributed by atoms with Crippen LogP contribution in [0.4, 0.5) is 0 Å². The second-order valence-electron chi connectivity index (χ2n) is 12.4. The fourth-order valence-corrected chi connectivity index (χ4v) is 8.55. The molecule has 2 saturated carbocycles. The molecule has 4 heteroatoms. The number of ketones is 1. The van der Waals surface area contributed by atoms with Crippen LogP contribution in [0.1, 0.15) is 92.4 Å². The average Bonchev–Trinajstić information content (AvgIpc) is 3.01. The number of aliphatic hydroxyl groups excluding tert-OH is 3. The quantitative estimate of drug-likeness (QED) is 0.553. The molecular formula is C27H44O4. The van der Waals surface area contributed by atoms with Crippen LogP contribution in [0.5, 0.6) is 0 Å². The molecule has 176 valence electrons. The Morgan fingerprint density at radius 3 is 2.42 bits per heavy atom. The summed E-state index contributed by atoms with van der Waals surface area (Å²) < 4.78 is 0. The molecule has 4 aliphatic carbocycles. The summed E-state index contributed by atoms with van der Waals surface area (Å²) >= 11 is 0. The van der Waals surface area contributed by atoms with Gasteiger partial charge in [-0.15, -0.1) is 0 Å². The largest absolute Gasteiger partial charge is 0.392 e. The standard InChI is InChI=1S/C27H44O4/c1-15(2)10-17(28)11-16(3)19-6-7-20-18-12-23(29)22-13-24(30)25(31)14-27(22,5)21(18)8-9-26(19,20)4/h15-16,19-20,22-25,29-31H,6-14H2,1-5H3/t16-,19-,20+,22?,23+,24-,25+,26-,27-/m1/s1. The normalized spacial score (nSPS) is 45.8.